The maximum Gasteiger partial charge on any atom is 0.325 e. The van der Waals surface area contributed by atoms with Crippen molar-refractivity contribution in [2.45, 2.75) is 32.2 Å². The Labute approximate surface area is 125 Å². The lowest BCUT2D eigenvalue weighted by Gasteiger charge is -2.32. The summed E-state index contributed by atoms with van der Waals surface area (Å²) < 4.78 is 10.8. The topological polar surface area (TPSA) is 59.0 Å². The Kier molecular flexibility index (Phi) is 5.44. The highest BCUT2D eigenvalue weighted by molar-refractivity contribution is 5.76. The van der Waals surface area contributed by atoms with Crippen molar-refractivity contribution >= 4 is 5.97 Å². The third kappa shape index (κ3) is 3.67. The molecule has 1 N–H and O–H groups in total. The van der Waals surface area contributed by atoms with E-state index in [1.165, 1.54) is 6.42 Å². The van der Waals surface area contributed by atoms with Crippen molar-refractivity contribution < 1.29 is 19.4 Å². The van der Waals surface area contributed by atoms with E-state index in [0.717, 1.165) is 31.5 Å². The zero-order valence-electron chi connectivity index (χ0n) is 12.7. The molecule has 1 heterocycles. The summed E-state index contributed by atoms with van der Waals surface area (Å²) in [5, 5.41) is 9.61. The van der Waals surface area contributed by atoms with Gasteiger partial charge in [0.15, 0.2) is 11.5 Å². The number of methoxy groups -OCH3 is 1. The number of aliphatic carboxylic acids is 1. The summed E-state index contributed by atoms with van der Waals surface area (Å²) in [6, 6.07) is 4.76. The quantitative estimate of drug-likeness (QED) is 0.874. The highest BCUT2D eigenvalue weighted by Gasteiger charge is 2.29. The number of rotatable bonds is 6. The van der Waals surface area contributed by atoms with Crippen molar-refractivity contribution in [2.24, 2.45) is 0 Å². The minimum absolute atomic E-state index is 0.515. The van der Waals surface area contributed by atoms with E-state index in [1.807, 2.05) is 17.9 Å². The maximum atomic E-state index is 11.7. The second-order valence-electron chi connectivity index (χ2n) is 5.18. The van der Waals surface area contributed by atoms with E-state index < -0.39 is 12.0 Å². The third-order valence-electron chi connectivity index (χ3n) is 3.79. The molecule has 0 amide bonds. The van der Waals surface area contributed by atoms with Crippen molar-refractivity contribution in [1.82, 2.24) is 4.90 Å². The minimum Gasteiger partial charge on any atom is -0.493 e. The molecule has 1 fully saturated rings. The largest absolute Gasteiger partial charge is 0.493 e. The number of hydrogen-bond acceptors (Lipinski definition) is 4. The number of piperidine rings is 1. The van der Waals surface area contributed by atoms with Crippen LogP contribution in [0.5, 0.6) is 11.5 Å². The molecule has 1 aliphatic rings. The molecule has 1 aromatic rings. The van der Waals surface area contributed by atoms with Crippen LogP contribution in [0.25, 0.3) is 0 Å². The first kappa shape index (κ1) is 15.6. The van der Waals surface area contributed by atoms with Crippen molar-refractivity contribution in [3.63, 3.8) is 0 Å². The Balaban J connectivity index is 2.31. The summed E-state index contributed by atoms with van der Waals surface area (Å²) in [6.45, 7) is 4.06. The van der Waals surface area contributed by atoms with Gasteiger partial charge in [-0.3, -0.25) is 9.69 Å². The molecular formula is C16H23NO4. The lowest BCUT2D eigenvalue weighted by molar-refractivity contribution is -0.144. The van der Waals surface area contributed by atoms with E-state index in [2.05, 4.69) is 0 Å². The minimum atomic E-state index is -0.815. The first-order valence-electron chi connectivity index (χ1n) is 7.45. The number of likely N-dealkylation sites (tertiary alicyclic amines) is 1. The molecule has 1 unspecified atom stereocenters. The molecule has 0 aromatic heterocycles. The first-order chi connectivity index (χ1) is 10.2. The number of nitrogens with zero attached hydrogens (tertiary/aromatic N) is 1. The molecule has 21 heavy (non-hydrogen) atoms. The SMILES string of the molecule is CCOc1cc(C(C(=O)O)N2CCCCC2)ccc1OC. The lowest BCUT2D eigenvalue weighted by atomic mass is 10.0. The Morgan fingerprint density at radius 1 is 1.29 bits per heavy atom. The molecule has 0 aliphatic carbocycles. The van der Waals surface area contributed by atoms with Gasteiger partial charge in [-0.2, -0.15) is 0 Å². The molecule has 1 atom stereocenters. The Bertz CT molecular complexity index is 483. The van der Waals surface area contributed by atoms with Crippen molar-refractivity contribution in [2.75, 3.05) is 26.8 Å². The molecule has 5 heteroatoms. The molecular weight excluding hydrogens is 270 g/mol. The third-order valence-corrected chi connectivity index (χ3v) is 3.79. The van der Waals surface area contributed by atoms with Crippen LogP contribution in [-0.4, -0.2) is 42.8 Å². The van der Waals surface area contributed by atoms with Gasteiger partial charge in [-0.15, -0.1) is 0 Å². The van der Waals surface area contributed by atoms with Crippen LogP contribution in [0.1, 0.15) is 37.8 Å². The van der Waals surface area contributed by atoms with E-state index in [1.54, 1.807) is 19.2 Å². The van der Waals surface area contributed by atoms with Crippen LogP contribution in [0.15, 0.2) is 18.2 Å². The normalized spacial score (nSPS) is 17.2. The maximum absolute atomic E-state index is 11.7. The molecule has 2 rings (SSSR count). The summed E-state index contributed by atoms with van der Waals surface area (Å²) in [7, 11) is 1.58. The van der Waals surface area contributed by atoms with E-state index in [0.29, 0.717) is 18.1 Å². The van der Waals surface area contributed by atoms with E-state index in [4.69, 9.17) is 9.47 Å². The Morgan fingerprint density at radius 3 is 2.57 bits per heavy atom. The van der Waals surface area contributed by atoms with Crippen molar-refractivity contribution in [3.8, 4) is 11.5 Å². The Hall–Kier alpha value is -1.75. The zero-order valence-corrected chi connectivity index (χ0v) is 12.7. The number of carboxylic acid groups (broad SMARTS) is 1. The highest BCUT2D eigenvalue weighted by Crippen LogP contribution is 2.33. The van der Waals surface area contributed by atoms with E-state index in [-0.39, 0.29) is 0 Å². The van der Waals surface area contributed by atoms with Crippen LogP contribution in [0.4, 0.5) is 0 Å². The van der Waals surface area contributed by atoms with Crippen molar-refractivity contribution in [1.29, 1.82) is 0 Å². The van der Waals surface area contributed by atoms with Gasteiger partial charge >= 0.3 is 5.97 Å². The summed E-state index contributed by atoms with van der Waals surface area (Å²) in [5.41, 5.74) is 0.744. The average Bonchev–Trinajstić information content (AvgIpc) is 2.49. The van der Waals surface area contributed by atoms with Gasteiger partial charge < -0.3 is 14.6 Å². The van der Waals surface area contributed by atoms with Crippen molar-refractivity contribution in [3.05, 3.63) is 23.8 Å². The predicted molar refractivity (Wildman–Crippen MR) is 80.0 cm³/mol. The fourth-order valence-electron chi connectivity index (χ4n) is 2.82. The van der Waals surface area contributed by atoms with Crippen LogP contribution in [-0.2, 0) is 4.79 Å². The molecule has 1 aliphatic heterocycles. The van der Waals surface area contributed by atoms with Gasteiger partial charge in [0.1, 0.15) is 6.04 Å². The summed E-state index contributed by atoms with van der Waals surface area (Å²) in [4.78, 5) is 13.7. The van der Waals surface area contributed by atoms with Gasteiger partial charge in [0, 0.05) is 0 Å². The monoisotopic (exact) mass is 293 g/mol. The number of carboxylic acids is 1. The van der Waals surface area contributed by atoms with Gasteiger partial charge in [-0.05, 0) is 50.6 Å². The highest BCUT2D eigenvalue weighted by atomic mass is 16.5. The van der Waals surface area contributed by atoms with Crippen LogP contribution in [0.2, 0.25) is 0 Å². The number of carbonyl (C=O) groups is 1. The number of benzene rings is 1. The van der Waals surface area contributed by atoms with Gasteiger partial charge in [0.25, 0.3) is 0 Å². The van der Waals surface area contributed by atoms with E-state index >= 15 is 0 Å². The average molecular weight is 293 g/mol. The van der Waals surface area contributed by atoms with Gasteiger partial charge in [-0.1, -0.05) is 12.5 Å². The van der Waals surface area contributed by atoms with Crippen LogP contribution in [0, 0.1) is 0 Å². The second-order valence-corrected chi connectivity index (χ2v) is 5.18. The zero-order chi connectivity index (χ0) is 15.2. The summed E-state index contributed by atoms with van der Waals surface area (Å²) >= 11 is 0. The van der Waals surface area contributed by atoms with Gasteiger partial charge in [-0.25, -0.2) is 0 Å². The molecule has 1 saturated heterocycles. The second kappa shape index (κ2) is 7.31. The van der Waals surface area contributed by atoms with Crippen LogP contribution >= 0.6 is 0 Å². The van der Waals surface area contributed by atoms with Gasteiger partial charge in [0.2, 0.25) is 0 Å². The molecule has 116 valence electrons. The van der Waals surface area contributed by atoms with Crippen LogP contribution in [0.3, 0.4) is 0 Å². The summed E-state index contributed by atoms with van der Waals surface area (Å²) in [6.07, 6.45) is 3.28. The molecule has 0 saturated carbocycles. The fourth-order valence-corrected chi connectivity index (χ4v) is 2.82. The number of ether oxygens (including phenoxy) is 2. The predicted octanol–water partition coefficient (Wildman–Crippen LogP) is 2.71. The van der Waals surface area contributed by atoms with Gasteiger partial charge in [0.05, 0.1) is 13.7 Å². The molecule has 0 spiro atoms. The van der Waals surface area contributed by atoms with E-state index in [9.17, 15) is 9.90 Å². The van der Waals surface area contributed by atoms with Crippen LogP contribution < -0.4 is 9.47 Å². The lowest BCUT2D eigenvalue weighted by Crippen LogP contribution is -2.37. The smallest absolute Gasteiger partial charge is 0.325 e. The Morgan fingerprint density at radius 2 is 2.00 bits per heavy atom. The standard InChI is InChI=1S/C16H23NO4/c1-3-21-14-11-12(7-8-13(14)20-2)15(16(18)19)17-9-5-4-6-10-17/h7-8,11,15H,3-6,9-10H2,1-2H3,(H,18,19). The molecule has 0 bridgehead atoms. The first-order valence-corrected chi connectivity index (χ1v) is 7.45. The molecule has 1 aromatic carbocycles. The molecule has 0 radical (unpaired) electrons. The fraction of sp³-hybridized carbons (Fsp3) is 0.562. The number of hydrogen-bond donors (Lipinski definition) is 1. The summed E-state index contributed by atoms with van der Waals surface area (Å²) in [5.74, 6) is 0.411. The molecule has 5 nitrogen and oxygen atoms in total.